The maximum atomic E-state index is 14.1. The first-order valence-corrected chi connectivity index (χ1v) is 8.13. The highest BCUT2D eigenvalue weighted by atomic mass is 19.3. The molecule has 144 valence electrons. The van der Waals surface area contributed by atoms with E-state index in [1.54, 1.807) is 6.07 Å². The third-order valence-electron chi connectivity index (χ3n) is 4.28. The minimum Gasteiger partial charge on any atom is -0.481 e. The number of aromatic nitrogens is 1. The van der Waals surface area contributed by atoms with Gasteiger partial charge in [0.1, 0.15) is 11.5 Å². The van der Waals surface area contributed by atoms with Crippen molar-refractivity contribution in [3.63, 3.8) is 0 Å². The number of anilines is 2. The number of methoxy groups -OCH3 is 2. The van der Waals surface area contributed by atoms with Crippen LogP contribution in [0.15, 0.2) is 24.3 Å². The largest absolute Gasteiger partial charge is 0.481 e. The SMILES string of the molecule is COc1nc(OC)c(C(C)(F)F)cc1N1CCc2c(F)cccc2NC1=O. The molecule has 0 bridgehead atoms. The van der Waals surface area contributed by atoms with Crippen molar-refractivity contribution in [2.24, 2.45) is 0 Å². The molecule has 9 heteroatoms. The Hall–Kier alpha value is -2.97. The van der Waals surface area contributed by atoms with Crippen LogP contribution < -0.4 is 19.7 Å². The van der Waals surface area contributed by atoms with E-state index in [2.05, 4.69) is 10.3 Å². The monoisotopic (exact) mass is 381 g/mol. The minimum atomic E-state index is -3.25. The third-order valence-corrected chi connectivity index (χ3v) is 4.28. The van der Waals surface area contributed by atoms with E-state index in [1.807, 2.05) is 0 Å². The number of fused-ring (bicyclic) bond motifs is 1. The summed E-state index contributed by atoms with van der Waals surface area (Å²) >= 11 is 0. The van der Waals surface area contributed by atoms with Crippen molar-refractivity contribution in [2.75, 3.05) is 31.0 Å². The molecule has 1 N–H and O–H groups in total. The van der Waals surface area contributed by atoms with Gasteiger partial charge < -0.3 is 14.8 Å². The first-order chi connectivity index (χ1) is 12.8. The summed E-state index contributed by atoms with van der Waals surface area (Å²) < 4.78 is 52.2. The van der Waals surface area contributed by atoms with Gasteiger partial charge in [0.05, 0.1) is 19.8 Å². The fourth-order valence-corrected chi connectivity index (χ4v) is 2.95. The van der Waals surface area contributed by atoms with E-state index < -0.39 is 23.3 Å². The lowest BCUT2D eigenvalue weighted by Crippen LogP contribution is -2.35. The zero-order valence-corrected chi connectivity index (χ0v) is 15.0. The van der Waals surface area contributed by atoms with Crippen LogP contribution in [0.5, 0.6) is 11.8 Å². The number of urea groups is 1. The molecule has 0 unspecified atom stereocenters. The van der Waals surface area contributed by atoms with Gasteiger partial charge in [-0.3, -0.25) is 4.90 Å². The molecular formula is C18H18F3N3O3. The summed E-state index contributed by atoms with van der Waals surface area (Å²) in [6, 6.07) is 4.86. The number of ether oxygens (including phenoxy) is 2. The van der Waals surface area contributed by atoms with Crippen LogP contribution in [0.1, 0.15) is 18.1 Å². The zero-order valence-electron chi connectivity index (χ0n) is 15.0. The van der Waals surface area contributed by atoms with E-state index in [4.69, 9.17) is 9.47 Å². The molecule has 0 saturated carbocycles. The molecule has 0 atom stereocenters. The molecule has 1 aromatic carbocycles. The number of hydrogen-bond donors (Lipinski definition) is 1. The Morgan fingerprint density at radius 1 is 1.22 bits per heavy atom. The number of nitrogens with zero attached hydrogens (tertiary/aromatic N) is 2. The second-order valence-electron chi connectivity index (χ2n) is 6.06. The predicted molar refractivity (Wildman–Crippen MR) is 93.4 cm³/mol. The van der Waals surface area contributed by atoms with Gasteiger partial charge >= 0.3 is 6.03 Å². The van der Waals surface area contributed by atoms with Crippen molar-refractivity contribution in [1.29, 1.82) is 0 Å². The highest BCUT2D eigenvalue weighted by molar-refractivity contribution is 6.03. The number of alkyl halides is 2. The number of halogens is 3. The Morgan fingerprint density at radius 2 is 1.93 bits per heavy atom. The van der Waals surface area contributed by atoms with Crippen molar-refractivity contribution in [2.45, 2.75) is 19.3 Å². The van der Waals surface area contributed by atoms with E-state index in [0.29, 0.717) is 18.2 Å². The zero-order chi connectivity index (χ0) is 19.8. The van der Waals surface area contributed by atoms with Crippen LogP contribution in [-0.2, 0) is 12.3 Å². The predicted octanol–water partition coefficient (Wildman–Crippen LogP) is 3.94. The Morgan fingerprint density at radius 3 is 2.56 bits per heavy atom. The van der Waals surface area contributed by atoms with Crippen LogP contribution in [0.2, 0.25) is 0 Å². The Bertz CT molecular complexity index is 884. The van der Waals surface area contributed by atoms with E-state index >= 15 is 0 Å². The summed E-state index contributed by atoms with van der Waals surface area (Å²) in [4.78, 5) is 17.8. The molecule has 1 aliphatic rings. The number of rotatable bonds is 4. The lowest BCUT2D eigenvalue weighted by atomic mass is 10.1. The van der Waals surface area contributed by atoms with Crippen LogP contribution in [0.25, 0.3) is 0 Å². The molecule has 0 spiro atoms. The molecule has 0 aliphatic carbocycles. The molecule has 2 heterocycles. The van der Waals surface area contributed by atoms with Gasteiger partial charge in [-0.2, -0.15) is 4.98 Å². The van der Waals surface area contributed by atoms with E-state index in [9.17, 15) is 18.0 Å². The van der Waals surface area contributed by atoms with Crippen LogP contribution in [0, 0.1) is 5.82 Å². The lowest BCUT2D eigenvalue weighted by molar-refractivity contribution is 0.0144. The molecule has 0 fully saturated rings. The van der Waals surface area contributed by atoms with Crippen molar-refractivity contribution in [3.8, 4) is 11.8 Å². The van der Waals surface area contributed by atoms with Gasteiger partial charge in [0.25, 0.3) is 5.92 Å². The van der Waals surface area contributed by atoms with Crippen molar-refractivity contribution < 1.29 is 27.4 Å². The van der Waals surface area contributed by atoms with Gasteiger partial charge in [-0.15, -0.1) is 0 Å². The van der Waals surface area contributed by atoms with Gasteiger partial charge in [0.2, 0.25) is 11.8 Å². The maximum Gasteiger partial charge on any atom is 0.326 e. The van der Waals surface area contributed by atoms with Crippen LogP contribution >= 0.6 is 0 Å². The smallest absolute Gasteiger partial charge is 0.326 e. The summed E-state index contributed by atoms with van der Waals surface area (Å²) in [5.41, 5.74) is 0.237. The highest BCUT2D eigenvalue weighted by Crippen LogP contribution is 2.40. The molecule has 6 nitrogen and oxygen atoms in total. The summed E-state index contributed by atoms with van der Waals surface area (Å²) in [5.74, 6) is -4.05. The molecule has 27 heavy (non-hydrogen) atoms. The molecule has 2 aromatic rings. The number of benzene rings is 1. The first-order valence-electron chi connectivity index (χ1n) is 8.13. The summed E-state index contributed by atoms with van der Waals surface area (Å²) in [5, 5.41) is 2.59. The lowest BCUT2D eigenvalue weighted by Gasteiger charge is -2.24. The van der Waals surface area contributed by atoms with Crippen molar-refractivity contribution >= 4 is 17.4 Å². The average molecular weight is 381 g/mol. The highest BCUT2D eigenvalue weighted by Gasteiger charge is 2.34. The summed E-state index contributed by atoms with van der Waals surface area (Å²) in [6.45, 7) is 0.759. The number of pyridine rings is 1. The molecule has 0 radical (unpaired) electrons. The van der Waals surface area contributed by atoms with Gasteiger partial charge in [-0.05, 0) is 24.6 Å². The third kappa shape index (κ3) is 3.49. The molecule has 2 amide bonds. The van der Waals surface area contributed by atoms with Gasteiger partial charge in [0, 0.05) is 24.7 Å². The van der Waals surface area contributed by atoms with Crippen LogP contribution in [0.4, 0.5) is 29.3 Å². The molecule has 0 saturated heterocycles. The molecule has 1 aliphatic heterocycles. The maximum absolute atomic E-state index is 14.1. The molecule has 1 aromatic heterocycles. The van der Waals surface area contributed by atoms with E-state index in [-0.39, 0.29) is 30.4 Å². The van der Waals surface area contributed by atoms with Crippen molar-refractivity contribution in [1.82, 2.24) is 4.98 Å². The normalized spacial score (nSPS) is 14.3. The second-order valence-corrected chi connectivity index (χ2v) is 6.06. The van der Waals surface area contributed by atoms with Gasteiger partial charge in [0.15, 0.2) is 0 Å². The van der Waals surface area contributed by atoms with E-state index in [1.165, 1.54) is 31.3 Å². The number of carbonyl (C=O) groups excluding carboxylic acids is 1. The average Bonchev–Trinajstić information content (AvgIpc) is 2.79. The van der Waals surface area contributed by atoms with Crippen LogP contribution in [0.3, 0.4) is 0 Å². The number of amides is 2. The number of hydrogen-bond acceptors (Lipinski definition) is 4. The standard InChI is InChI=1S/C18H18F3N3O3/c1-18(20,21)11-9-14(16(27-3)23-15(11)26-2)24-8-7-10-12(19)5-4-6-13(10)22-17(24)25/h4-6,9H,7-8H2,1-3H3,(H,22,25). The first kappa shape index (κ1) is 18.8. The molecule has 3 rings (SSSR count). The Kier molecular flexibility index (Phi) is 4.86. The Labute approximate surface area is 153 Å². The van der Waals surface area contributed by atoms with Gasteiger partial charge in [-0.25, -0.2) is 18.0 Å². The molecular weight excluding hydrogens is 363 g/mol. The quantitative estimate of drug-likeness (QED) is 0.871. The number of carbonyl (C=O) groups is 1. The number of nitrogens with one attached hydrogen (secondary N) is 1. The summed E-state index contributed by atoms with van der Waals surface area (Å²) in [7, 11) is 2.52. The second kappa shape index (κ2) is 6.98. The minimum absolute atomic E-state index is 0.0422. The fourth-order valence-electron chi connectivity index (χ4n) is 2.95. The Balaban J connectivity index is 2.08. The van der Waals surface area contributed by atoms with Crippen LogP contribution in [-0.4, -0.2) is 31.8 Å². The van der Waals surface area contributed by atoms with Gasteiger partial charge in [-0.1, -0.05) is 6.07 Å². The van der Waals surface area contributed by atoms with E-state index in [0.717, 1.165) is 6.07 Å². The fraction of sp³-hybridized carbons (Fsp3) is 0.333. The topological polar surface area (TPSA) is 63.7 Å². The van der Waals surface area contributed by atoms with Crippen molar-refractivity contribution in [3.05, 3.63) is 41.2 Å². The summed E-state index contributed by atoms with van der Waals surface area (Å²) in [6.07, 6.45) is 0.188.